The van der Waals surface area contributed by atoms with Gasteiger partial charge in [-0.3, -0.25) is 4.79 Å². The molecule has 1 amide bonds. The average molecular weight is 230 g/mol. The molecule has 1 heterocycles. The van der Waals surface area contributed by atoms with Gasteiger partial charge in [0.05, 0.1) is 12.6 Å². The molecule has 1 rings (SSSR count). The molecule has 0 saturated carbocycles. The monoisotopic (exact) mass is 230 g/mol. The van der Waals surface area contributed by atoms with Gasteiger partial charge in [-0.1, -0.05) is 13.8 Å². The van der Waals surface area contributed by atoms with E-state index in [1.165, 1.54) is 0 Å². The van der Waals surface area contributed by atoms with Crippen LogP contribution in [-0.4, -0.2) is 48.5 Å². The van der Waals surface area contributed by atoms with E-state index in [9.17, 15) is 9.90 Å². The highest BCUT2D eigenvalue weighted by Crippen LogP contribution is 2.24. The largest absolute Gasteiger partial charge is 0.385 e. The SMILES string of the molecule is CC(C)NCC(=O)NCC1(O)CCOC1C. The minimum absolute atomic E-state index is 0.0961. The summed E-state index contributed by atoms with van der Waals surface area (Å²) in [5, 5.41) is 15.9. The molecule has 0 aliphatic carbocycles. The van der Waals surface area contributed by atoms with Gasteiger partial charge in [-0.2, -0.15) is 0 Å². The highest BCUT2D eigenvalue weighted by atomic mass is 16.5. The van der Waals surface area contributed by atoms with Crippen LogP contribution >= 0.6 is 0 Å². The van der Waals surface area contributed by atoms with Gasteiger partial charge in [-0.25, -0.2) is 0 Å². The van der Waals surface area contributed by atoms with Crippen molar-refractivity contribution in [1.29, 1.82) is 0 Å². The van der Waals surface area contributed by atoms with Crippen LogP contribution in [0.1, 0.15) is 27.2 Å². The number of amides is 1. The summed E-state index contributed by atoms with van der Waals surface area (Å²) in [5.41, 5.74) is -0.909. The summed E-state index contributed by atoms with van der Waals surface area (Å²) in [6.45, 7) is 6.88. The predicted molar refractivity (Wildman–Crippen MR) is 61.1 cm³/mol. The standard InChI is InChI=1S/C11H22N2O3/c1-8(2)12-6-10(14)13-7-11(15)4-5-16-9(11)3/h8-9,12,15H,4-7H2,1-3H3,(H,13,14). The molecule has 5 nitrogen and oxygen atoms in total. The summed E-state index contributed by atoms with van der Waals surface area (Å²) in [5.74, 6) is -0.0961. The number of hydrogen-bond donors (Lipinski definition) is 3. The van der Waals surface area contributed by atoms with Crippen LogP contribution in [-0.2, 0) is 9.53 Å². The molecule has 0 spiro atoms. The van der Waals surface area contributed by atoms with Crippen LogP contribution in [0, 0.1) is 0 Å². The number of carbonyl (C=O) groups is 1. The summed E-state index contributed by atoms with van der Waals surface area (Å²) in [6.07, 6.45) is 0.359. The maximum absolute atomic E-state index is 11.4. The molecule has 2 atom stereocenters. The Morgan fingerprint density at radius 3 is 2.81 bits per heavy atom. The molecule has 0 radical (unpaired) electrons. The molecule has 1 fully saturated rings. The second kappa shape index (κ2) is 5.61. The van der Waals surface area contributed by atoms with Crippen molar-refractivity contribution in [3.05, 3.63) is 0 Å². The van der Waals surface area contributed by atoms with Gasteiger partial charge in [-0.05, 0) is 6.92 Å². The van der Waals surface area contributed by atoms with Crippen molar-refractivity contribution >= 4 is 5.91 Å². The van der Waals surface area contributed by atoms with Gasteiger partial charge < -0.3 is 20.5 Å². The van der Waals surface area contributed by atoms with Crippen molar-refractivity contribution in [1.82, 2.24) is 10.6 Å². The second-order valence-corrected chi connectivity index (χ2v) is 4.68. The van der Waals surface area contributed by atoms with E-state index in [4.69, 9.17) is 4.74 Å². The number of hydrogen-bond acceptors (Lipinski definition) is 4. The van der Waals surface area contributed by atoms with E-state index in [1.807, 2.05) is 20.8 Å². The average Bonchev–Trinajstić information content (AvgIpc) is 2.54. The molecule has 2 unspecified atom stereocenters. The molecule has 1 saturated heterocycles. The van der Waals surface area contributed by atoms with E-state index < -0.39 is 5.60 Å². The van der Waals surface area contributed by atoms with Crippen molar-refractivity contribution in [2.24, 2.45) is 0 Å². The first kappa shape index (κ1) is 13.4. The van der Waals surface area contributed by atoms with Crippen LogP contribution in [0.5, 0.6) is 0 Å². The number of carbonyl (C=O) groups excluding carboxylic acids is 1. The quantitative estimate of drug-likeness (QED) is 0.603. The molecule has 1 aliphatic rings. The van der Waals surface area contributed by atoms with Crippen LogP contribution in [0.3, 0.4) is 0 Å². The molecule has 3 N–H and O–H groups in total. The molecular formula is C11H22N2O3. The Hall–Kier alpha value is -0.650. The zero-order valence-corrected chi connectivity index (χ0v) is 10.2. The molecular weight excluding hydrogens is 208 g/mol. The lowest BCUT2D eigenvalue weighted by Crippen LogP contribution is -2.49. The van der Waals surface area contributed by atoms with Crippen molar-refractivity contribution in [3.63, 3.8) is 0 Å². The first-order valence-electron chi connectivity index (χ1n) is 5.78. The molecule has 5 heteroatoms. The van der Waals surface area contributed by atoms with Crippen LogP contribution in [0.15, 0.2) is 0 Å². The van der Waals surface area contributed by atoms with Crippen molar-refractivity contribution in [3.8, 4) is 0 Å². The second-order valence-electron chi connectivity index (χ2n) is 4.68. The van der Waals surface area contributed by atoms with E-state index >= 15 is 0 Å². The molecule has 16 heavy (non-hydrogen) atoms. The molecule has 0 aromatic carbocycles. The Kier molecular flexibility index (Phi) is 4.70. The molecule has 1 aliphatic heterocycles. The van der Waals surface area contributed by atoms with Gasteiger partial charge in [0.1, 0.15) is 5.60 Å². The zero-order chi connectivity index (χ0) is 12.2. The Labute approximate surface area is 96.6 Å². The van der Waals surface area contributed by atoms with Crippen LogP contribution in [0.4, 0.5) is 0 Å². The molecule has 0 aromatic rings. The Morgan fingerprint density at radius 1 is 1.62 bits per heavy atom. The maximum Gasteiger partial charge on any atom is 0.234 e. The predicted octanol–water partition coefficient (Wildman–Crippen LogP) is -0.359. The lowest BCUT2D eigenvalue weighted by Gasteiger charge is -2.26. The lowest BCUT2D eigenvalue weighted by molar-refractivity contribution is -0.122. The van der Waals surface area contributed by atoms with E-state index in [0.717, 1.165) is 0 Å². The Bertz CT molecular complexity index is 245. The molecule has 0 aromatic heterocycles. The summed E-state index contributed by atoms with van der Waals surface area (Å²) >= 11 is 0. The number of ether oxygens (including phenoxy) is 1. The topological polar surface area (TPSA) is 70.6 Å². The van der Waals surface area contributed by atoms with Gasteiger partial charge >= 0.3 is 0 Å². The van der Waals surface area contributed by atoms with Gasteiger partial charge in [0.15, 0.2) is 0 Å². The Morgan fingerprint density at radius 2 is 2.31 bits per heavy atom. The minimum atomic E-state index is -0.909. The third-order valence-electron chi connectivity index (χ3n) is 2.92. The van der Waals surface area contributed by atoms with Crippen LogP contribution in [0.2, 0.25) is 0 Å². The summed E-state index contributed by atoms with van der Waals surface area (Å²) in [4.78, 5) is 11.4. The lowest BCUT2D eigenvalue weighted by atomic mass is 9.97. The number of nitrogens with one attached hydrogen (secondary N) is 2. The van der Waals surface area contributed by atoms with E-state index in [0.29, 0.717) is 13.0 Å². The first-order chi connectivity index (χ1) is 7.44. The number of aliphatic hydroxyl groups is 1. The van der Waals surface area contributed by atoms with Gasteiger partial charge in [-0.15, -0.1) is 0 Å². The van der Waals surface area contributed by atoms with Gasteiger partial charge in [0, 0.05) is 25.6 Å². The number of rotatable bonds is 5. The third-order valence-corrected chi connectivity index (χ3v) is 2.92. The third kappa shape index (κ3) is 3.73. The van der Waals surface area contributed by atoms with Crippen molar-refractivity contribution in [2.75, 3.05) is 19.7 Å². The molecule has 94 valence electrons. The fraction of sp³-hybridized carbons (Fsp3) is 0.909. The van der Waals surface area contributed by atoms with Crippen molar-refractivity contribution in [2.45, 2.75) is 44.9 Å². The maximum atomic E-state index is 11.4. The normalized spacial score (nSPS) is 29.7. The van der Waals surface area contributed by atoms with E-state index in [2.05, 4.69) is 10.6 Å². The first-order valence-corrected chi connectivity index (χ1v) is 5.78. The van der Waals surface area contributed by atoms with Gasteiger partial charge in [0.2, 0.25) is 5.91 Å². The van der Waals surface area contributed by atoms with Crippen LogP contribution in [0.25, 0.3) is 0 Å². The summed E-state index contributed by atoms with van der Waals surface area (Å²) in [7, 11) is 0. The van der Waals surface area contributed by atoms with E-state index in [-0.39, 0.29) is 31.1 Å². The summed E-state index contributed by atoms with van der Waals surface area (Å²) in [6, 6.07) is 0.280. The van der Waals surface area contributed by atoms with Crippen molar-refractivity contribution < 1.29 is 14.6 Å². The van der Waals surface area contributed by atoms with Crippen LogP contribution < -0.4 is 10.6 Å². The van der Waals surface area contributed by atoms with E-state index in [1.54, 1.807) is 0 Å². The summed E-state index contributed by atoms with van der Waals surface area (Å²) < 4.78 is 5.28. The minimum Gasteiger partial charge on any atom is -0.385 e. The Balaban J connectivity index is 2.26. The zero-order valence-electron chi connectivity index (χ0n) is 10.2. The highest BCUT2D eigenvalue weighted by Gasteiger charge is 2.39. The highest BCUT2D eigenvalue weighted by molar-refractivity contribution is 5.78. The molecule has 0 bridgehead atoms. The smallest absolute Gasteiger partial charge is 0.234 e. The van der Waals surface area contributed by atoms with Gasteiger partial charge in [0.25, 0.3) is 0 Å². The fourth-order valence-corrected chi connectivity index (χ4v) is 1.61. The fourth-order valence-electron chi connectivity index (χ4n) is 1.61.